The third kappa shape index (κ3) is 5.74. The molecule has 3 rings (SSSR count). The Kier molecular flexibility index (Phi) is 6.86. The van der Waals surface area contributed by atoms with Crippen molar-refractivity contribution < 1.29 is 26.7 Å². The van der Waals surface area contributed by atoms with Gasteiger partial charge >= 0.3 is 6.18 Å². The lowest BCUT2D eigenvalue weighted by atomic mass is 9.88. The lowest BCUT2D eigenvalue weighted by Crippen LogP contribution is -2.57. The van der Waals surface area contributed by atoms with Crippen LogP contribution in [0.15, 0.2) is 24.5 Å². The molecule has 0 bridgehead atoms. The molecule has 1 unspecified atom stereocenters. The number of hydrogen-bond acceptors (Lipinski definition) is 5. The van der Waals surface area contributed by atoms with Gasteiger partial charge in [-0.15, -0.1) is 5.92 Å². The number of aromatic nitrogens is 3. The van der Waals surface area contributed by atoms with E-state index in [1.165, 1.54) is 0 Å². The number of carbonyl (C=O) groups excluding carboxylic acids is 1. The van der Waals surface area contributed by atoms with Gasteiger partial charge in [-0.1, -0.05) is 12.8 Å². The van der Waals surface area contributed by atoms with Gasteiger partial charge in [0, 0.05) is 31.1 Å². The highest BCUT2D eigenvalue weighted by atomic mass is 19.4. The summed E-state index contributed by atoms with van der Waals surface area (Å²) in [5.41, 5.74) is -0.173. The minimum atomic E-state index is -4.58. The molecule has 1 aliphatic rings. The summed E-state index contributed by atoms with van der Waals surface area (Å²) in [7, 11) is 0. The molecular formula is C22H22F5N5O. The van der Waals surface area contributed by atoms with Crippen molar-refractivity contribution in [1.82, 2.24) is 19.9 Å². The second-order valence-electron chi connectivity index (χ2n) is 7.94. The molecule has 1 N–H and O–H groups in total. The SMILES string of the molecule is CC#Cc1ccc(C)nc1C(=O)N1CC(F)(F)CC(C)[C@H]1CNc1ncc(C(F)(F)F)cn1. The standard InChI is InChI=1S/C22H22F5N5O/c1-4-5-15-7-6-14(3)31-18(15)19(33)32-12-21(23,24)8-13(2)17(32)11-30-20-28-9-16(10-29-20)22(25,26)27/h6-7,9-10,13,17H,8,11-12H2,1-3H3,(H,28,29,30)/t13?,17-/m1/s1. The number of anilines is 1. The first kappa shape index (κ1) is 24.4. The largest absolute Gasteiger partial charge is 0.419 e. The van der Waals surface area contributed by atoms with Crippen LogP contribution >= 0.6 is 0 Å². The Labute approximate surface area is 187 Å². The number of alkyl halides is 5. The number of likely N-dealkylation sites (tertiary alicyclic amines) is 1. The molecule has 0 radical (unpaired) electrons. The average molecular weight is 467 g/mol. The van der Waals surface area contributed by atoms with Crippen molar-refractivity contribution in [2.24, 2.45) is 5.92 Å². The van der Waals surface area contributed by atoms with Gasteiger partial charge in [-0.2, -0.15) is 13.2 Å². The Morgan fingerprint density at radius 3 is 2.55 bits per heavy atom. The number of aryl methyl sites for hydroxylation is 1. The van der Waals surface area contributed by atoms with E-state index in [2.05, 4.69) is 32.1 Å². The number of rotatable bonds is 4. The number of hydrogen-bond donors (Lipinski definition) is 1. The van der Waals surface area contributed by atoms with E-state index >= 15 is 0 Å². The Balaban J connectivity index is 1.87. The van der Waals surface area contributed by atoms with E-state index in [1.807, 2.05) is 0 Å². The van der Waals surface area contributed by atoms with Crippen LogP contribution < -0.4 is 5.32 Å². The van der Waals surface area contributed by atoms with Crippen LogP contribution in [0.5, 0.6) is 0 Å². The molecule has 0 aliphatic carbocycles. The molecule has 3 heterocycles. The summed E-state index contributed by atoms with van der Waals surface area (Å²) < 4.78 is 66.9. The van der Waals surface area contributed by atoms with Crippen LogP contribution in [-0.4, -0.2) is 50.8 Å². The second kappa shape index (κ2) is 9.29. The molecule has 0 aromatic carbocycles. The number of nitrogens with zero attached hydrogens (tertiary/aromatic N) is 4. The van der Waals surface area contributed by atoms with Crippen molar-refractivity contribution in [3.63, 3.8) is 0 Å². The van der Waals surface area contributed by atoms with Gasteiger partial charge in [-0.3, -0.25) is 4.79 Å². The average Bonchev–Trinajstić information content (AvgIpc) is 2.72. The van der Waals surface area contributed by atoms with Gasteiger partial charge in [0.15, 0.2) is 0 Å². The van der Waals surface area contributed by atoms with Crippen molar-refractivity contribution >= 4 is 11.9 Å². The third-order valence-electron chi connectivity index (χ3n) is 5.29. The number of nitrogens with one attached hydrogen (secondary N) is 1. The molecule has 1 saturated heterocycles. The molecule has 2 aromatic heterocycles. The van der Waals surface area contributed by atoms with Crippen molar-refractivity contribution in [3.05, 3.63) is 47.0 Å². The zero-order chi connectivity index (χ0) is 24.4. The molecule has 1 fully saturated rings. The van der Waals surface area contributed by atoms with Crippen molar-refractivity contribution in [1.29, 1.82) is 0 Å². The van der Waals surface area contributed by atoms with E-state index in [1.54, 1.807) is 32.9 Å². The summed E-state index contributed by atoms with van der Waals surface area (Å²) in [5.74, 6) is 0.934. The molecule has 0 saturated carbocycles. The smallest absolute Gasteiger partial charge is 0.352 e. The number of amides is 1. The zero-order valence-electron chi connectivity index (χ0n) is 18.2. The highest BCUT2D eigenvalue weighted by Gasteiger charge is 2.46. The quantitative estimate of drug-likeness (QED) is 0.540. The normalized spacial score (nSPS) is 20.1. The monoisotopic (exact) mass is 467 g/mol. The molecule has 1 aliphatic heterocycles. The van der Waals surface area contributed by atoms with Crippen LogP contribution in [0.4, 0.5) is 27.9 Å². The van der Waals surface area contributed by atoms with Crippen LogP contribution in [0.3, 0.4) is 0 Å². The van der Waals surface area contributed by atoms with E-state index in [9.17, 15) is 26.7 Å². The number of piperidine rings is 1. The summed E-state index contributed by atoms with van der Waals surface area (Å²) in [6.07, 6.45) is -3.77. The van der Waals surface area contributed by atoms with E-state index < -0.39 is 48.5 Å². The number of halogens is 5. The van der Waals surface area contributed by atoms with Crippen LogP contribution in [0.25, 0.3) is 0 Å². The summed E-state index contributed by atoms with van der Waals surface area (Å²) in [6, 6.07) is 2.58. The molecule has 2 atom stereocenters. The summed E-state index contributed by atoms with van der Waals surface area (Å²) in [5, 5.41) is 2.76. The first-order chi connectivity index (χ1) is 15.4. The van der Waals surface area contributed by atoms with Gasteiger partial charge < -0.3 is 10.2 Å². The fourth-order valence-electron chi connectivity index (χ4n) is 3.73. The van der Waals surface area contributed by atoms with Crippen LogP contribution in [0.1, 0.15) is 47.6 Å². The summed E-state index contributed by atoms with van der Waals surface area (Å²) >= 11 is 0. The maximum atomic E-state index is 14.4. The van der Waals surface area contributed by atoms with Crippen molar-refractivity contribution in [3.8, 4) is 11.8 Å². The van der Waals surface area contributed by atoms with Crippen LogP contribution in [-0.2, 0) is 6.18 Å². The first-order valence-electron chi connectivity index (χ1n) is 10.1. The van der Waals surface area contributed by atoms with E-state index in [0.717, 1.165) is 4.90 Å². The fraction of sp³-hybridized carbons (Fsp3) is 0.455. The molecular weight excluding hydrogens is 445 g/mol. The molecule has 176 valence electrons. The minimum absolute atomic E-state index is 0.0231. The van der Waals surface area contributed by atoms with Crippen LogP contribution in [0.2, 0.25) is 0 Å². The zero-order valence-corrected chi connectivity index (χ0v) is 18.2. The maximum absolute atomic E-state index is 14.4. The topological polar surface area (TPSA) is 71.0 Å². The van der Waals surface area contributed by atoms with E-state index in [-0.39, 0.29) is 18.2 Å². The summed E-state index contributed by atoms with van der Waals surface area (Å²) in [4.78, 5) is 25.9. The van der Waals surface area contributed by atoms with Gasteiger partial charge in [0.25, 0.3) is 11.8 Å². The highest BCUT2D eigenvalue weighted by molar-refractivity contribution is 5.95. The second-order valence-corrected chi connectivity index (χ2v) is 7.94. The number of carbonyl (C=O) groups is 1. The lowest BCUT2D eigenvalue weighted by Gasteiger charge is -2.43. The lowest BCUT2D eigenvalue weighted by molar-refractivity contribution is -0.138. The first-order valence-corrected chi connectivity index (χ1v) is 10.1. The maximum Gasteiger partial charge on any atom is 0.419 e. The van der Waals surface area contributed by atoms with Gasteiger partial charge in [0.2, 0.25) is 5.95 Å². The fourth-order valence-corrected chi connectivity index (χ4v) is 3.73. The highest BCUT2D eigenvalue weighted by Crippen LogP contribution is 2.35. The molecule has 11 heteroatoms. The third-order valence-corrected chi connectivity index (χ3v) is 5.29. The minimum Gasteiger partial charge on any atom is -0.352 e. The molecule has 6 nitrogen and oxygen atoms in total. The predicted molar refractivity (Wildman–Crippen MR) is 111 cm³/mol. The van der Waals surface area contributed by atoms with E-state index in [0.29, 0.717) is 23.7 Å². The molecule has 33 heavy (non-hydrogen) atoms. The van der Waals surface area contributed by atoms with Crippen molar-refractivity contribution in [2.75, 3.05) is 18.4 Å². The van der Waals surface area contributed by atoms with Gasteiger partial charge in [-0.05, 0) is 31.9 Å². The van der Waals surface area contributed by atoms with Crippen molar-refractivity contribution in [2.45, 2.75) is 45.3 Å². The van der Waals surface area contributed by atoms with Gasteiger partial charge in [0.05, 0.1) is 23.7 Å². The Bertz CT molecular complexity index is 1080. The van der Waals surface area contributed by atoms with E-state index in [4.69, 9.17) is 0 Å². The molecule has 2 aromatic rings. The van der Waals surface area contributed by atoms with Gasteiger partial charge in [0.1, 0.15) is 5.69 Å². The number of pyridine rings is 1. The Morgan fingerprint density at radius 1 is 1.27 bits per heavy atom. The molecule has 0 spiro atoms. The van der Waals surface area contributed by atoms with Crippen LogP contribution in [0, 0.1) is 24.7 Å². The predicted octanol–water partition coefficient (Wildman–Crippen LogP) is 4.17. The molecule has 1 amide bonds. The van der Waals surface area contributed by atoms with Gasteiger partial charge in [-0.25, -0.2) is 23.7 Å². The summed E-state index contributed by atoms with van der Waals surface area (Å²) in [6.45, 7) is 4.00. The Morgan fingerprint density at radius 2 is 1.94 bits per heavy atom. The Hall–Kier alpha value is -3.29.